The number of ether oxygens (including phenoxy) is 2. The molecule has 0 spiro atoms. The molecule has 0 aliphatic rings. The van der Waals surface area contributed by atoms with Crippen molar-refractivity contribution in [3.8, 4) is 0 Å². The van der Waals surface area contributed by atoms with Gasteiger partial charge in [-0.05, 0) is 12.8 Å². The van der Waals surface area contributed by atoms with Crippen molar-refractivity contribution < 1.29 is 37.9 Å². The summed E-state index contributed by atoms with van der Waals surface area (Å²) >= 11 is 0. The van der Waals surface area contributed by atoms with Crippen molar-refractivity contribution in [2.24, 2.45) is 0 Å². The predicted molar refractivity (Wildman–Crippen MR) is 96.4 cm³/mol. The van der Waals surface area contributed by atoms with E-state index >= 15 is 0 Å². The monoisotopic (exact) mass is 396 g/mol. The summed E-state index contributed by atoms with van der Waals surface area (Å²) in [5.74, 6) is -0.932. The minimum Gasteiger partial charge on any atom is -0.462 e. The van der Waals surface area contributed by atoms with E-state index in [0.717, 1.165) is 38.5 Å². The fourth-order valence-corrected chi connectivity index (χ4v) is 2.55. The van der Waals surface area contributed by atoms with Crippen LogP contribution in [-0.4, -0.2) is 41.0 Å². The minimum absolute atomic E-state index is 0.209. The van der Waals surface area contributed by atoms with E-state index in [2.05, 4.69) is 11.4 Å². The van der Waals surface area contributed by atoms with Crippen molar-refractivity contribution in [3.63, 3.8) is 0 Å². The van der Waals surface area contributed by atoms with E-state index in [4.69, 9.17) is 19.3 Å². The first-order valence-corrected chi connectivity index (χ1v) is 10.9. The van der Waals surface area contributed by atoms with Crippen LogP contribution in [0.5, 0.6) is 0 Å². The summed E-state index contributed by atoms with van der Waals surface area (Å²) in [6.45, 7) is 3.30. The highest BCUT2D eigenvalue weighted by atomic mass is 31.2. The third-order valence-corrected chi connectivity index (χ3v) is 4.11. The van der Waals surface area contributed by atoms with Crippen LogP contribution in [0.25, 0.3) is 0 Å². The number of esters is 2. The SMILES string of the molecule is CCCCCCCC(=O)O[C@H](COC(=O)CCCCC)COP(=O)(O)O. The molecule has 0 aliphatic carbocycles. The molecule has 9 heteroatoms. The van der Waals surface area contributed by atoms with Crippen molar-refractivity contribution in [1.82, 2.24) is 0 Å². The van der Waals surface area contributed by atoms with Crippen LogP contribution in [0.15, 0.2) is 0 Å². The number of carbonyl (C=O) groups excluding carboxylic acids is 2. The average molecular weight is 396 g/mol. The lowest BCUT2D eigenvalue weighted by Crippen LogP contribution is -2.29. The van der Waals surface area contributed by atoms with Crippen molar-refractivity contribution in [2.45, 2.75) is 84.2 Å². The van der Waals surface area contributed by atoms with E-state index in [9.17, 15) is 14.2 Å². The molecule has 0 amide bonds. The maximum atomic E-state index is 11.9. The molecular weight excluding hydrogens is 363 g/mol. The molecule has 26 heavy (non-hydrogen) atoms. The molecule has 0 aliphatic heterocycles. The molecule has 0 fully saturated rings. The maximum Gasteiger partial charge on any atom is 0.469 e. The van der Waals surface area contributed by atoms with Gasteiger partial charge in [0.05, 0.1) is 6.61 Å². The Morgan fingerprint density at radius 3 is 2.00 bits per heavy atom. The van der Waals surface area contributed by atoms with Gasteiger partial charge in [-0.1, -0.05) is 52.4 Å². The lowest BCUT2D eigenvalue weighted by atomic mass is 10.1. The normalized spacial score (nSPS) is 12.6. The number of rotatable bonds is 16. The van der Waals surface area contributed by atoms with Crippen LogP contribution < -0.4 is 0 Å². The predicted octanol–water partition coefficient (Wildman–Crippen LogP) is 3.49. The first-order chi connectivity index (χ1) is 12.3. The highest BCUT2D eigenvalue weighted by molar-refractivity contribution is 7.46. The van der Waals surface area contributed by atoms with Crippen LogP contribution in [-0.2, 0) is 28.2 Å². The van der Waals surface area contributed by atoms with Gasteiger partial charge < -0.3 is 19.3 Å². The van der Waals surface area contributed by atoms with Crippen LogP contribution in [0.4, 0.5) is 0 Å². The molecule has 0 aromatic rings. The van der Waals surface area contributed by atoms with Gasteiger partial charge in [-0.15, -0.1) is 0 Å². The quantitative estimate of drug-likeness (QED) is 0.231. The molecule has 0 aromatic carbocycles. The van der Waals surface area contributed by atoms with E-state index in [1.165, 1.54) is 0 Å². The molecule has 0 aromatic heterocycles. The zero-order valence-corrected chi connectivity index (χ0v) is 16.7. The van der Waals surface area contributed by atoms with Crippen molar-refractivity contribution in [1.29, 1.82) is 0 Å². The van der Waals surface area contributed by atoms with Crippen LogP contribution in [0.1, 0.15) is 78.1 Å². The number of carbonyl (C=O) groups is 2. The van der Waals surface area contributed by atoms with Crippen LogP contribution >= 0.6 is 7.82 Å². The first-order valence-electron chi connectivity index (χ1n) is 9.33. The lowest BCUT2D eigenvalue weighted by Gasteiger charge is -2.18. The molecule has 0 rings (SSSR count). The molecular formula is C17H33O8P. The van der Waals surface area contributed by atoms with Gasteiger partial charge in [-0.2, -0.15) is 0 Å². The molecule has 0 radical (unpaired) electrons. The van der Waals surface area contributed by atoms with Gasteiger partial charge in [0.2, 0.25) is 0 Å². The Hall–Kier alpha value is -0.950. The fraction of sp³-hybridized carbons (Fsp3) is 0.882. The van der Waals surface area contributed by atoms with Gasteiger partial charge in [-0.25, -0.2) is 4.57 Å². The summed E-state index contributed by atoms with van der Waals surface area (Å²) < 4.78 is 25.4. The zero-order chi connectivity index (χ0) is 19.8. The molecule has 2 N–H and O–H groups in total. The minimum atomic E-state index is -4.70. The number of hydrogen-bond donors (Lipinski definition) is 2. The van der Waals surface area contributed by atoms with Gasteiger partial charge >= 0.3 is 19.8 Å². The Morgan fingerprint density at radius 1 is 0.846 bits per heavy atom. The van der Waals surface area contributed by atoms with Gasteiger partial charge in [0, 0.05) is 12.8 Å². The molecule has 154 valence electrons. The molecule has 1 atom stereocenters. The smallest absolute Gasteiger partial charge is 0.462 e. The summed E-state index contributed by atoms with van der Waals surface area (Å²) in [6, 6.07) is 0. The van der Waals surface area contributed by atoms with E-state index in [-0.39, 0.29) is 19.4 Å². The second-order valence-electron chi connectivity index (χ2n) is 6.20. The number of hydrogen-bond acceptors (Lipinski definition) is 6. The zero-order valence-electron chi connectivity index (χ0n) is 15.9. The fourth-order valence-electron chi connectivity index (χ4n) is 2.19. The number of unbranched alkanes of at least 4 members (excludes halogenated alkanes) is 6. The molecule has 8 nitrogen and oxygen atoms in total. The van der Waals surface area contributed by atoms with E-state index in [0.29, 0.717) is 12.8 Å². The summed E-state index contributed by atoms with van der Waals surface area (Å²) in [4.78, 5) is 41.1. The van der Waals surface area contributed by atoms with E-state index in [1.54, 1.807) is 0 Å². The van der Waals surface area contributed by atoms with Gasteiger partial charge in [-0.3, -0.25) is 14.1 Å². The summed E-state index contributed by atoms with van der Waals surface area (Å²) in [7, 11) is -4.70. The molecule has 0 heterocycles. The molecule has 0 unspecified atom stereocenters. The lowest BCUT2D eigenvalue weighted by molar-refractivity contribution is -0.161. The molecule has 0 bridgehead atoms. The average Bonchev–Trinajstić information content (AvgIpc) is 2.56. The summed E-state index contributed by atoms with van der Waals surface area (Å²) in [5, 5.41) is 0. The third kappa shape index (κ3) is 16.5. The standard InChI is InChI=1S/C17H33O8P/c1-3-5-7-8-10-12-17(19)25-15(14-24-26(20,21)22)13-23-16(18)11-9-6-4-2/h15H,3-14H2,1-2H3,(H2,20,21,22)/t15-/m1/s1. The summed E-state index contributed by atoms with van der Waals surface area (Å²) in [5.41, 5.74) is 0. The molecule has 0 saturated carbocycles. The second kappa shape index (κ2) is 15.1. The largest absolute Gasteiger partial charge is 0.469 e. The van der Waals surface area contributed by atoms with Gasteiger partial charge in [0.15, 0.2) is 6.10 Å². The third-order valence-electron chi connectivity index (χ3n) is 3.63. The second-order valence-corrected chi connectivity index (χ2v) is 7.44. The van der Waals surface area contributed by atoms with Gasteiger partial charge in [0.1, 0.15) is 6.61 Å². The Labute approximate surface area is 155 Å². The highest BCUT2D eigenvalue weighted by Crippen LogP contribution is 2.35. The van der Waals surface area contributed by atoms with Crippen molar-refractivity contribution in [3.05, 3.63) is 0 Å². The highest BCUT2D eigenvalue weighted by Gasteiger charge is 2.22. The first kappa shape index (κ1) is 25.1. The Kier molecular flexibility index (Phi) is 14.6. The van der Waals surface area contributed by atoms with Crippen LogP contribution in [0.3, 0.4) is 0 Å². The maximum absolute atomic E-state index is 11.9. The topological polar surface area (TPSA) is 119 Å². The van der Waals surface area contributed by atoms with Crippen LogP contribution in [0, 0.1) is 0 Å². The van der Waals surface area contributed by atoms with Crippen LogP contribution in [0.2, 0.25) is 0 Å². The van der Waals surface area contributed by atoms with Gasteiger partial charge in [0.25, 0.3) is 0 Å². The Bertz CT molecular complexity index is 434. The van der Waals surface area contributed by atoms with Crippen molar-refractivity contribution >= 4 is 19.8 Å². The summed E-state index contributed by atoms with van der Waals surface area (Å²) in [6.07, 6.45) is 6.88. The Balaban J connectivity index is 4.29. The van der Waals surface area contributed by atoms with Crippen molar-refractivity contribution in [2.75, 3.05) is 13.2 Å². The molecule has 0 saturated heterocycles. The Morgan fingerprint density at radius 2 is 1.38 bits per heavy atom. The number of phosphoric ester groups is 1. The number of phosphoric acid groups is 1. The van der Waals surface area contributed by atoms with E-state index in [1.807, 2.05) is 6.92 Å². The van der Waals surface area contributed by atoms with E-state index < -0.39 is 32.5 Å².